The summed E-state index contributed by atoms with van der Waals surface area (Å²) in [4.78, 5) is 28.1. The molecule has 0 radical (unpaired) electrons. The largest absolute Gasteiger partial charge is 0.457 e. The number of hydrogen-bond donors (Lipinski definition) is 2. The smallest absolute Gasteiger partial charge is 0.416 e. The minimum atomic E-state index is -4.50. The Bertz CT molecular complexity index is 1010. The molecule has 2 amide bonds. The van der Waals surface area contributed by atoms with E-state index in [4.69, 9.17) is 4.74 Å². The molecule has 1 aromatic heterocycles. The minimum Gasteiger partial charge on any atom is -0.457 e. The van der Waals surface area contributed by atoms with Crippen LogP contribution in [0.5, 0.6) is 11.5 Å². The Hall–Kier alpha value is -3.88. The van der Waals surface area contributed by atoms with Crippen molar-refractivity contribution in [2.75, 3.05) is 0 Å². The van der Waals surface area contributed by atoms with Gasteiger partial charge in [0.2, 0.25) is 0 Å². The van der Waals surface area contributed by atoms with Gasteiger partial charge in [0.05, 0.1) is 5.56 Å². The Morgan fingerprint density at radius 1 is 0.828 bits per heavy atom. The number of amides is 2. The predicted octanol–water partition coefficient (Wildman–Crippen LogP) is 3.97. The number of nitrogens with zero attached hydrogens (tertiary/aromatic N) is 1. The van der Waals surface area contributed by atoms with Crippen LogP contribution in [0.15, 0.2) is 72.9 Å². The topological polar surface area (TPSA) is 80.3 Å². The fourth-order valence-electron chi connectivity index (χ4n) is 2.28. The van der Waals surface area contributed by atoms with E-state index in [0.29, 0.717) is 11.5 Å². The highest BCUT2D eigenvalue weighted by atomic mass is 19.4. The van der Waals surface area contributed by atoms with Gasteiger partial charge in [0.1, 0.15) is 17.2 Å². The molecule has 0 unspecified atom stereocenters. The molecule has 0 aliphatic rings. The molecular formula is C20H14F3N3O3. The van der Waals surface area contributed by atoms with Crippen molar-refractivity contribution in [3.05, 3.63) is 89.7 Å². The molecule has 9 heteroatoms. The molecule has 0 saturated carbocycles. The van der Waals surface area contributed by atoms with Crippen molar-refractivity contribution < 1.29 is 27.5 Å². The fraction of sp³-hybridized carbons (Fsp3) is 0.0500. The van der Waals surface area contributed by atoms with Crippen LogP contribution in [0.1, 0.15) is 26.4 Å². The molecule has 0 aliphatic heterocycles. The van der Waals surface area contributed by atoms with E-state index in [-0.39, 0.29) is 11.3 Å². The third-order valence-electron chi connectivity index (χ3n) is 3.71. The molecule has 2 aromatic carbocycles. The first-order chi connectivity index (χ1) is 13.8. The van der Waals surface area contributed by atoms with Crippen molar-refractivity contribution in [3.8, 4) is 11.5 Å². The molecule has 0 saturated heterocycles. The van der Waals surface area contributed by atoms with Gasteiger partial charge >= 0.3 is 6.18 Å². The van der Waals surface area contributed by atoms with Crippen LogP contribution in [0.4, 0.5) is 13.2 Å². The second-order valence-electron chi connectivity index (χ2n) is 5.78. The van der Waals surface area contributed by atoms with Gasteiger partial charge in [-0.15, -0.1) is 0 Å². The number of hydrogen-bond acceptors (Lipinski definition) is 4. The van der Waals surface area contributed by atoms with Crippen LogP contribution in [0.3, 0.4) is 0 Å². The second kappa shape index (κ2) is 8.42. The number of hydrazine groups is 1. The number of pyridine rings is 1. The van der Waals surface area contributed by atoms with Crippen molar-refractivity contribution in [2.45, 2.75) is 6.18 Å². The lowest BCUT2D eigenvalue weighted by molar-refractivity contribution is -0.137. The third kappa shape index (κ3) is 5.32. The molecule has 29 heavy (non-hydrogen) atoms. The van der Waals surface area contributed by atoms with Crippen molar-refractivity contribution in [2.24, 2.45) is 0 Å². The standard InChI is InChI=1S/C20H14F3N3O3/c21-20(22,23)14-8-6-13(7-9-14)18(27)25-26-19(28)17-12-16(10-11-24-17)29-15-4-2-1-3-5-15/h1-12H,(H,25,27)(H,26,28). The van der Waals surface area contributed by atoms with Crippen LogP contribution < -0.4 is 15.6 Å². The van der Waals surface area contributed by atoms with Crippen LogP contribution in [0, 0.1) is 0 Å². The van der Waals surface area contributed by atoms with Crippen molar-refractivity contribution in [3.63, 3.8) is 0 Å². The summed E-state index contributed by atoms with van der Waals surface area (Å²) in [7, 11) is 0. The fourth-order valence-corrected chi connectivity index (χ4v) is 2.28. The van der Waals surface area contributed by atoms with Crippen LogP contribution in [0.25, 0.3) is 0 Å². The maximum atomic E-state index is 12.6. The summed E-state index contributed by atoms with van der Waals surface area (Å²) in [6, 6.07) is 15.4. The van der Waals surface area contributed by atoms with Crippen molar-refractivity contribution >= 4 is 11.8 Å². The van der Waals surface area contributed by atoms with Crippen molar-refractivity contribution in [1.82, 2.24) is 15.8 Å². The van der Waals surface area contributed by atoms with E-state index in [9.17, 15) is 22.8 Å². The molecule has 148 valence electrons. The van der Waals surface area contributed by atoms with Gasteiger partial charge in [-0.3, -0.25) is 25.4 Å². The molecule has 2 N–H and O–H groups in total. The van der Waals surface area contributed by atoms with Gasteiger partial charge in [-0.25, -0.2) is 0 Å². The normalized spacial score (nSPS) is 10.9. The number of para-hydroxylation sites is 1. The zero-order valence-corrected chi connectivity index (χ0v) is 14.7. The number of carbonyl (C=O) groups excluding carboxylic acids is 2. The molecule has 0 spiro atoms. The maximum Gasteiger partial charge on any atom is 0.416 e. The number of benzene rings is 2. The maximum absolute atomic E-state index is 12.6. The monoisotopic (exact) mass is 401 g/mol. The molecule has 6 nitrogen and oxygen atoms in total. The number of rotatable bonds is 4. The van der Waals surface area contributed by atoms with E-state index in [1.807, 2.05) is 6.07 Å². The number of ether oxygens (including phenoxy) is 1. The van der Waals surface area contributed by atoms with Gasteiger partial charge in [-0.2, -0.15) is 13.2 Å². The number of alkyl halides is 3. The van der Waals surface area contributed by atoms with Crippen LogP contribution >= 0.6 is 0 Å². The third-order valence-corrected chi connectivity index (χ3v) is 3.71. The van der Waals surface area contributed by atoms with Gasteiger partial charge in [-0.05, 0) is 42.5 Å². The Balaban J connectivity index is 1.60. The zero-order valence-electron chi connectivity index (χ0n) is 14.7. The van der Waals surface area contributed by atoms with Crippen LogP contribution in [-0.4, -0.2) is 16.8 Å². The number of nitrogens with one attached hydrogen (secondary N) is 2. The van der Waals surface area contributed by atoms with E-state index >= 15 is 0 Å². The highest BCUT2D eigenvalue weighted by Gasteiger charge is 2.30. The SMILES string of the molecule is O=C(NNC(=O)c1cc(Oc2ccccc2)ccn1)c1ccc(C(F)(F)F)cc1. The van der Waals surface area contributed by atoms with Gasteiger partial charge < -0.3 is 4.74 Å². The predicted molar refractivity (Wildman–Crippen MR) is 97.1 cm³/mol. The first kappa shape index (κ1) is 19.9. The Morgan fingerprint density at radius 2 is 1.48 bits per heavy atom. The summed E-state index contributed by atoms with van der Waals surface area (Å²) in [5, 5.41) is 0. The van der Waals surface area contributed by atoms with Gasteiger partial charge in [0, 0.05) is 17.8 Å². The van der Waals surface area contributed by atoms with Gasteiger partial charge in [0.15, 0.2) is 0 Å². The molecule has 0 bridgehead atoms. The lowest BCUT2D eigenvalue weighted by Crippen LogP contribution is -2.41. The minimum absolute atomic E-state index is 0.0221. The summed E-state index contributed by atoms with van der Waals surface area (Å²) in [6.07, 6.45) is -3.13. The van der Waals surface area contributed by atoms with Gasteiger partial charge in [0.25, 0.3) is 11.8 Å². The van der Waals surface area contributed by atoms with E-state index < -0.39 is 23.6 Å². The average Bonchev–Trinajstić information content (AvgIpc) is 2.72. The Morgan fingerprint density at radius 3 is 2.14 bits per heavy atom. The van der Waals surface area contributed by atoms with Crippen molar-refractivity contribution in [1.29, 1.82) is 0 Å². The molecule has 0 atom stereocenters. The summed E-state index contributed by atoms with van der Waals surface area (Å²) in [5.74, 6) is -0.557. The first-order valence-electron chi connectivity index (χ1n) is 8.30. The average molecular weight is 401 g/mol. The number of halogens is 3. The Kier molecular flexibility index (Phi) is 5.77. The zero-order chi connectivity index (χ0) is 20.9. The molecule has 1 heterocycles. The van der Waals surface area contributed by atoms with Crippen LogP contribution in [0.2, 0.25) is 0 Å². The van der Waals surface area contributed by atoms with E-state index in [0.717, 1.165) is 24.3 Å². The lowest BCUT2D eigenvalue weighted by atomic mass is 10.1. The highest BCUT2D eigenvalue weighted by molar-refractivity contribution is 5.98. The summed E-state index contributed by atoms with van der Waals surface area (Å²) in [5.41, 5.74) is 3.33. The van der Waals surface area contributed by atoms with E-state index in [1.54, 1.807) is 30.3 Å². The summed E-state index contributed by atoms with van der Waals surface area (Å²) >= 11 is 0. The summed E-state index contributed by atoms with van der Waals surface area (Å²) in [6.45, 7) is 0. The quantitative estimate of drug-likeness (QED) is 0.649. The lowest BCUT2D eigenvalue weighted by Gasteiger charge is -2.10. The highest BCUT2D eigenvalue weighted by Crippen LogP contribution is 2.29. The molecule has 0 fully saturated rings. The van der Waals surface area contributed by atoms with Gasteiger partial charge in [-0.1, -0.05) is 18.2 Å². The summed E-state index contributed by atoms with van der Waals surface area (Å²) < 4.78 is 43.3. The molecular weight excluding hydrogens is 387 g/mol. The Labute approximate surface area is 163 Å². The van der Waals surface area contributed by atoms with E-state index in [2.05, 4.69) is 15.8 Å². The first-order valence-corrected chi connectivity index (χ1v) is 8.30. The number of aromatic nitrogens is 1. The molecule has 0 aliphatic carbocycles. The molecule has 3 rings (SSSR count). The number of carbonyl (C=O) groups is 2. The van der Waals surface area contributed by atoms with E-state index in [1.165, 1.54) is 12.3 Å². The van der Waals surface area contributed by atoms with Crippen LogP contribution in [-0.2, 0) is 6.18 Å². The molecule has 3 aromatic rings. The second-order valence-corrected chi connectivity index (χ2v) is 5.78.